The Labute approximate surface area is 108 Å². The predicted octanol–water partition coefficient (Wildman–Crippen LogP) is 3.69. The lowest BCUT2D eigenvalue weighted by Crippen LogP contribution is -2.31. The summed E-state index contributed by atoms with van der Waals surface area (Å²) >= 11 is 2.11. The summed E-state index contributed by atoms with van der Waals surface area (Å²) in [7, 11) is 0. The highest BCUT2D eigenvalue weighted by atomic mass is 127. The summed E-state index contributed by atoms with van der Waals surface area (Å²) in [4.78, 5) is 11.8. The lowest BCUT2D eigenvalue weighted by molar-refractivity contribution is -0.136. The van der Waals surface area contributed by atoms with Crippen molar-refractivity contribution in [2.24, 2.45) is 0 Å². The summed E-state index contributed by atoms with van der Waals surface area (Å²) in [5, 5.41) is 0. The van der Waals surface area contributed by atoms with Crippen molar-refractivity contribution in [3.05, 3.63) is 17.7 Å². The van der Waals surface area contributed by atoms with Gasteiger partial charge in [0.15, 0.2) is 11.3 Å². The third-order valence-corrected chi connectivity index (χ3v) is 3.96. The number of alkyl halides is 1. The molecule has 0 saturated heterocycles. The maximum atomic E-state index is 11.8. The average Bonchev–Trinajstić information content (AvgIpc) is 2.76. The van der Waals surface area contributed by atoms with Gasteiger partial charge in [0.1, 0.15) is 9.00 Å². The number of hydrogen-bond donors (Lipinski definition) is 0. The Kier molecular flexibility index (Phi) is 2.86. The van der Waals surface area contributed by atoms with E-state index in [-0.39, 0.29) is 5.97 Å². The Morgan fingerprint density at radius 3 is 2.62 bits per heavy atom. The molecule has 1 atom stereocenters. The highest BCUT2D eigenvalue weighted by Crippen LogP contribution is 2.34. The minimum atomic E-state index is -0.482. The Bertz CT molecular complexity index is 513. The van der Waals surface area contributed by atoms with Gasteiger partial charge in [-0.3, -0.25) is 4.79 Å². The van der Waals surface area contributed by atoms with Gasteiger partial charge in [-0.2, -0.15) is 0 Å². The number of esters is 1. The number of fused-ring (bicyclic) bond motifs is 2. The molecule has 2 bridgehead atoms. The summed E-state index contributed by atoms with van der Waals surface area (Å²) in [6, 6.07) is 3.65. The van der Waals surface area contributed by atoms with Crippen LogP contribution in [0.15, 0.2) is 16.5 Å². The number of hydrogen-bond acceptors (Lipinski definition) is 3. The summed E-state index contributed by atoms with van der Waals surface area (Å²) in [6.45, 7) is 5.79. The molecule has 0 N–H and O–H groups in total. The van der Waals surface area contributed by atoms with Crippen molar-refractivity contribution in [2.45, 2.75) is 30.6 Å². The van der Waals surface area contributed by atoms with Crippen molar-refractivity contribution in [3.63, 3.8) is 0 Å². The van der Waals surface area contributed by atoms with Crippen LogP contribution in [0.25, 0.3) is 11.2 Å². The minimum Gasteiger partial charge on any atom is -0.453 e. The molecule has 0 aromatic carbocycles. The van der Waals surface area contributed by atoms with Gasteiger partial charge in [0, 0.05) is 6.07 Å². The van der Waals surface area contributed by atoms with Gasteiger partial charge in [-0.05, 0) is 31.9 Å². The van der Waals surface area contributed by atoms with Gasteiger partial charge >= 0.3 is 5.97 Å². The molecular formula is C12H13IO3. The Balaban J connectivity index is 2.19. The van der Waals surface area contributed by atoms with Crippen LogP contribution in [0.1, 0.15) is 25.8 Å². The average molecular weight is 332 g/mol. The molecular weight excluding hydrogens is 319 g/mol. The molecule has 2 heterocycles. The number of carbonyl (C=O) groups excluding carboxylic acids is 1. The molecule has 0 fully saturated rings. The number of aryl methyl sites for hydroxylation is 1. The van der Waals surface area contributed by atoms with E-state index in [1.54, 1.807) is 6.07 Å². The summed E-state index contributed by atoms with van der Waals surface area (Å²) in [5.41, 5.74) is 2.50. The van der Waals surface area contributed by atoms with Gasteiger partial charge in [-0.25, -0.2) is 0 Å². The van der Waals surface area contributed by atoms with E-state index in [0.717, 1.165) is 17.6 Å². The van der Waals surface area contributed by atoms with E-state index in [9.17, 15) is 4.79 Å². The molecule has 4 heteroatoms. The van der Waals surface area contributed by atoms with Gasteiger partial charge in [-0.15, -0.1) is 0 Å². The van der Waals surface area contributed by atoms with Crippen LogP contribution in [0.3, 0.4) is 0 Å². The van der Waals surface area contributed by atoms with Gasteiger partial charge < -0.3 is 9.15 Å². The Hall–Kier alpha value is -0.780. The minimum absolute atomic E-state index is 0.225. The molecule has 0 saturated carbocycles. The molecule has 1 unspecified atom stereocenters. The lowest BCUT2D eigenvalue weighted by Gasteiger charge is -2.17. The Morgan fingerprint density at radius 2 is 2.19 bits per heavy atom. The van der Waals surface area contributed by atoms with Crippen LogP contribution in [0.4, 0.5) is 0 Å². The number of rotatable bonds is 3. The second-order valence-electron chi connectivity index (χ2n) is 4.11. The number of furan rings is 2. The van der Waals surface area contributed by atoms with Crippen LogP contribution < -0.4 is 4.74 Å². The van der Waals surface area contributed by atoms with Crippen LogP contribution >= 0.6 is 22.6 Å². The molecule has 0 radical (unpaired) electrons. The fourth-order valence-electron chi connectivity index (χ4n) is 1.38. The third-order valence-electron chi connectivity index (χ3n) is 2.75. The second kappa shape index (κ2) is 3.91. The zero-order valence-electron chi connectivity index (χ0n) is 9.46. The fraction of sp³-hybridized carbons (Fsp3) is 0.417. The lowest BCUT2D eigenvalue weighted by atomic mass is 10.1. The van der Waals surface area contributed by atoms with Crippen molar-refractivity contribution >= 4 is 39.7 Å². The monoisotopic (exact) mass is 332 g/mol. The van der Waals surface area contributed by atoms with E-state index < -0.39 is 3.42 Å². The molecule has 0 aliphatic carbocycles. The molecule has 0 aliphatic heterocycles. The van der Waals surface area contributed by atoms with Crippen molar-refractivity contribution in [1.82, 2.24) is 0 Å². The molecule has 2 rings (SSSR count). The van der Waals surface area contributed by atoms with Crippen molar-refractivity contribution < 1.29 is 13.9 Å². The molecule has 2 aromatic rings. The van der Waals surface area contributed by atoms with Crippen LogP contribution in [0.5, 0.6) is 5.75 Å². The van der Waals surface area contributed by atoms with Gasteiger partial charge in [0.2, 0.25) is 0 Å². The zero-order valence-corrected chi connectivity index (χ0v) is 11.6. The van der Waals surface area contributed by atoms with Gasteiger partial charge in [0.05, 0.1) is 0 Å². The predicted molar refractivity (Wildman–Crippen MR) is 70.5 cm³/mol. The first-order valence-corrected chi connectivity index (χ1v) is 6.25. The molecule has 86 valence electrons. The van der Waals surface area contributed by atoms with Crippen LogP contribution in [0.2, 0.25) is 0 Å². The first-order valence-electron chi connectivity index (χ1n) is 5.17. The van der Waals surface area contributed by atoms with E-state index in [1.165, 1.54) is 0 Å². The van der Waals surface area contributed by atoms with Crippen LogP contribution in [0, 0.1) is 6.92 Å². The van der Waals surface area contributed by atoms with Crippen molar-refractivity contribution in [2.75, 3.05) is 0 Å². The van der Waals surface area contributed by atoms with Crippen molar-refractivity contribution in [3.8, 4) is 5.75 Å². The van der Waals surface area contributed by atoms with Crippen LogP contribution in [-0.4, -0.2) is 9.39 Å². The Morgan fingerprint density at radius 1 is 1.50 bits per heavy atom. The van der Waals surface area contributed by atoms with E-state index >= 15 is 0 Å². The smallest absolute Gasteiger partial charge is 0.327 e. The molecule has 3 nitrogen and oxygen atoms in total. The molecule has 16 heavy (non-hydrogen) atoms. The molecule has 0 aliphatic rings. The fourth-order valence-corrected chi connectivity index (χ4v) is 1.49. The first kappa shape index (κ1) is 11.7. The molecule has 2 aromatic heterocycles. The second-order valence-corrected chi connectivity index (χ2v) is 6.49. The van der Waals surface area contributed by atoms with Crippen LogP contribution in [-0.2, 0) is 4.79 Å². The number of halogens is 1. The third kappa shape index (κ3) is 1.90. The molecule has 0 spiro atoms. The van der Waals surface area contributed by atoms with Gasteiger partial charge in [-0.1, -0.05) is 29.5 Å². The largest absolute Gasteiger partial charge is 0.453 e. The van der Waals surface area contributed by atoms with E-state index in [2.05, 4.69) is 22.6 Å². The first-order chi connectivity index (χ1) is 7.44. The number of carbonyl (C=O) groups is 1. The summed E-state index contributed by atoms with van der Waals surface area (Å²) in [6.07, 6.45) is 0.737. The highest BCUT2D eigenvalue weighted by Gasteiger charge is 2.31. The quantitative estimate of drug-likeness (QED) is 0.372. The van der Waals surface area contributed by atoms with E-state index in [4.69, 9.17) is 9.15 Å². The van der Waals surface area contributed by atoms with E-state index in [1.807, 2.05) is 26.8 Å². The highest BCUT2D eigenvalue weighted by molar-refractivity contribution is 14.1. The normalized spacial score (nSPS) is 15.2. The number of ether oxygens (including phenoxy) is 1. The molecule has 0 amide bonds. The van der Waals surface area contributed by atoms with Crippen molar-refractivity contribution in [1.29, 1.82) is 0 Å². The van der Waals surface area contributed by atoms with E-state index in [0.29, 0.717) is 11.3 Å². The summed E-state index contributed by atoms with van der Waals surface area (Å²) in [5.74, 6) is 0.305. The SMILES string of the molecule is CCC(C)(I)C(=O)Oc1cc2oc1cc2C. The zero-order chi connectivity index (χ0) is 11.9. The maximum Gasteiger partial charge on any atom is 0.327 e. The topological polar surface area (TPSA) is 39.4 Å². The maximum absolute atomic E-state index is 11.8. The standard InChI is InChI=1S/C12H13IO3/c1-4-12(3,13)11(14)16-10-6-8-7(2)5-9(10)15-8/h5-6H,4H2,1-3H3. The summed E-state index contributed by atoms with van der Waals surface area (Å²) < 4.78 is 10.3. The van der Waals surface area contributed by atoms with Gasteiger partial charge in [0.25, 0.3) is 0 Å². The number of benzene rings is 1.